The predicted molar refractivity (Wildman–Crippen MR) is 117 cm³/mol. The van der Waals surface area contributed by atoms with Crippen LogP contribution >= 0.6 is 11.3 Å². The molecule has 0 saturated carbocycles. The van der Waals surface area contributed by atoms with E-state index in [0.717, 1.165) is 12.0 Å². The van der Waals surface area contributed by atoms with E-state index >= 15 is 0 Å². The summed E-state index contributed by atoms with van der Waals surface area (Å²) in [6.07, 6.45) is 0.871. The zero-order valence-corrected chi connectivity index (χ0v) is 17.3. The molecule has 2 heterocycles. The Morgan fingerprint density at radius 2 is 1.77 bits per heavy atom. The lowest BCUT2D eigenvalue weighted by molar-refractivity contribution is 0.0734. The number of benzene rings is 2. The molecule has 3 aromatic rings. The topological polar surface area (TPSA) is 92.5 Å². The van der Waals surface area contributed by atoms with Gasteiger partial charge in [-0.25, -0.2) is 0 Å². The standard InChI is InChI=1S/C23H21N3O3S/c1-14-18(23(29)26-11-9-20-17(13-26)10-12-30-20)3-2-4-19(14)25-22(28)16-7-5-15(6-8-16)21(24)27/h2-8,10,12H,9,11,13H2,1H3,(H2,24,27)(H,25,28). The summed E-state index contributed by atoms with van der Waals surface area (Å²) in [6, 6.07) is 13.5. The largest absolute Gasteiger partial charge is 0.366 e. The fourth-order valence-electron chi connectivity index (χ4n) is 3.58. The highest BCUT2D eigenvalue weighted by Gasteiger charge is 2.24. The van der Waals surface area contributed by atoms with Crippen LogP contribution in [0.5, 0.6) is 0 Å². The molecular weight excluding hydrogens is 398 g/mol. The van der Waals surface area contributed by atoms with Gasteiger partial charge in [0.15, 0.2) is 0 Å². The first kappa shape index (κ1) is 19.8. The summed E-state index contributed by atoms with van der Waals surface area (Å²) >= 11 is 1.74. The first-order valence-electron chi connectivity index (χ1n) is 9.59. The van der Waals surface area contributed by atoms with E-state index < -0.39 is 5.91 Å². The summed E-state index contributed by atoms with van der Waals surface area (Å²) in [5.41, 5.74) is 9.07. The van der Waals surface area contributed by atoms with Crippen LogP contribution < -0.4 is 11.1 Å². The summed E-state index contributed by atoms with van der Waals surface area (Å²) in [5.74, 6) is -0.901. The van der Waals surface area contributed by atoms with Crippen molar-refractivity contribution in [1.29, 1.82) is 0 Å². The van der Waals surface area contributed by atoms with Crippen molar-refractivity contribution in [1.82, 2.24) is 4.90 Å². The summed E-state index contributed by atoms with van der Waals surface area (Å²) in [6.45, 7) is 3.13. The van der Waals surface area contributed by atoms with E-state index in [1.165, 1.54) is 22.6 Å². The van der Waals surface area contributed by atoms with Gasteiger partial charge in [0.1, 0.15) is 0 Å². The highest BCUT2D eigenvalue weighted by molar-refractivity contribution is 7.10. The number of primary amides is 1. The van der Waals surface area contributed by atoms with Gasteiger partial charge in [-0.3, -0.25) is 14.4 Å². The number of anilines is 1. The lowest BCUT2D eigenvalue weighted by atomic mass is 10.0. The second-order valence-electron chi connectivity index (χ2n) is 7.22. The minimum absolute atomic E-state index is 0.0359. The number of nitrogens with one attached hydrogen (secondary N) is 1. The molecule has 0 bridgehead atoms. The smallest absolute Gasteiger partial charge is 0.255 e. The van der Waals surface area contributed by atoms with Crippen molar-refractivity contribution >= 4 is 34.7 Å². The highest BCUT2D eigenvalue weighted by atomic mass is 32.1. The van der Waals surface area contributed by atoms with Crippen LogP contribution in [0.2, 0.25) is 0 Å². The third kappa shape index (κ3) is 3.84. The van der Waals surface area contributed by atoms with E-state index in [0.29, 0.717) is 35.5 Å². The second kappa shape index (κ2) is 8.12. The van der Waals surface area contributed by atoms with Crippen LogP contribution in [-0.2, 0) is 13.0 Å². The van der Waals surface area contributed by atoms with Gasteiger partial charge in [-0.1, -0.05) is 6.07 Å². The molecule has 6 nitrogen and oxygen atoms in total. The normalized spacial score (nSPS) is 12.9. The number of rotatable bonds is 4. The Morgan fingerprint density at radius 1 is 1.03 bits per heavy atom. The minimum atomic E-state index is -0.545. The van der Waals surface area contributed by atoms with Gasteiger partial charge in [0.25, 0.3) is 11.8 Å². The van der Waals surface area contributed by atoms with Crippen molar-refractivity contribution < 1.29 is 14.4 Å². The van der Waals surface area contributed by atoms with Crippen LogP contribution in [0.3, 0.4) is 0 Å². The van der Waals surface area contributed by atoms with Crippen LogP contribution in [0.1, 0.15) is 47.1 Å². The van der Waals surface area contributed by atoms with E-state index in [1.54, 1.807) is 41.7 Å². The number of thiophene rings is 1. The van der Waals surface area contributed by atoms with E-state index in [9.17, 15) is 14.4 Å². The average molecular weight is 420 g/mol. The molecule has 0 unspecified atom stereocenters. The molecule has 30 heavy (non-hydrogen) atoms. The van der Waals surface area contributed by atoms with Gasteiger partial charge >= 0.3 is 0 Å². The molecule has 152 valence electrons. The van der Waals surface area contributed by atoms with E-state index in [2.05, 4.69) is 16.8 Å². The number of hydrogen-bond donors (Lipinski definition) is 2. The van der Waals surface area contributed by atoms with Crippen LogP contribution in [0.25, 0.3) is 0 Å². The Balaban J connectivity index is 1.52. The number of carbonyl (C=O) groups is 3. The van der Waals surface area contributed by atoms with Gasteiger partial charge in [0, 0.05) is 40.3 Å². The van der Waals surface area contributed by atoms with Gasteiger partial charge in [-0.2, -0.15) is 0 Å². The zero-order valence-electron chi connectivity index (χ0n) is 16.5. The lowest BCUT2D eigenvalue weighted by Crippen LogP contribution is -2.35. The van der Waals surface area contributed by atoms with Crippen LogP contribution in [0, 0.1) is 6.92 Å². The van der Waals surface area contributed by atoms with Crippen molar-refractivity contribution in [2.45, 2.75) is 19.9 Å². The molecule has 0 fully saturated rings. The maximum Gasteiger partial charge on any atom is 0.255 e. The van der Waals surface area contributed by atoms with Gasteiger partial charge in [-0.05, 0) is 72.3 Å². The molecule has 0 radical (unpaired) electrons. The van der Waals surface area contributed by atoms with E-state index in [4.69, 9.17) is 5.73 Å². The molecule has 4 rings (SSSR count). The van der Waals surface area contributed by atoms with Gasteiger partial charge in [0.05, 0.1) is 0 Å². The van der Waals surface area contributed by atoms with Crippen LogP contribution in [0.4, 0.5) is 5.69 Å². The Labute approximate surface area is 178 Å². The third-order valence-corrected chi connectivity index (χ3v) is 6.36. The van der Waals surface area contributed by atoms with Gasteiger partial charge in [0.2, 0.25) is 5.91 Å². The maximum absolute atomic E-state index is 13.1. The number of hydrogen-bond acceptors (Lipinski definition) is 4. The van der Waals surface area contributed by atoms with Crippen molar-refractivity contribution in [2.75, 3.05) is 11.9 Å². The molecule has 0 aliphatic carbocycles. The summed E-state index contributed by atoms with van der Waals surface area (Å²) in [7, 11) is 0. The predicted octanol–water partition coefficient (Wildman–Crippen LogP) is 3.61. The monoisotopic (exact) mass is 419 g/mol. The zero-order chi connectivity index (χ0) is 21.3. The second-order valence-corrected chi connectivity index (χ2v) is 8.22. The molecule has 7 heteroatoms. The van der Waals surface area contributed by atoms with Crippen LogP contribution in [0.15, 0.2) is 53.9 Å². The number of nitrogens with two attached hydrogens (primary N) is 1. The molecule has 0 saturated heterocycles. The fourth-order valence-corrected chi connectivity index (χ4v) is 4.46. The molecule has 0 atom stereocenters. The summed E-state index contributed by atoms with van der Waals surface area (Å²) in [5, 5.41) is 4.93. The molecule has 1 aliphatic rings. The Morgan fingerprint density at radius 3 is 2.50 bits per heavy atom. The minimum Gasteiger partial charge on any atom is -0.366 e. The first-order valence-corrected chi connectivity index (χ1v) is 10.5. The molecule has 1 aliphatic heterocycles. The number of nitrogens with zero attached hydrogens (tertiary/aromatic N) is 1. The highest BCUT2D eigenvalue weighted by Crippen LogP contribution is 2.27. The Bertz CT molecular complexity index is 1130. The van der Waals surface area contributed by atoms with Gasteiger partial charge in [-0.15, -0.1) is 11.3 Å². The van der Waals surface area contributed by atoms with Gasteiger partial charge < -0.3 is 16.0 Å². The SMILES string of the molecule is Cc1c(NC(=O)c2ccc(C(N)=O)cc2)cccc1C(=O)N1CCc2sccc2C1. The third-order valence-electron chi connectivity index (χ3n) is 5.34. The van der Waals surface area contributed by atoms with E-state index in [-0.39, 0.29) is 11.8 Å². The number of fused-ring (bicyclic) bond motifs is 1. The molecule has 3 N–H and O–H groups in total. The Hall–Kier alpha value is -3.45. The molecule has 1 aromatic heterocycles. The quantitative estimate of drug-likeness (QED) is 0.677. The molecule has 0 spiro atoms. The van der Waals surface area contributed by atoms with E-state index in [1.807, 2.05) is 11.8 Å². The van der Waals surface area contributed by atoms with Crippen molar-refractivity contribution in [3.63, 3.8) is 0 Å². The van der Waals surface area contributed by atoms with Crippen molar-refractivity contribution in [3.05, 3.63) is 86.6 Å². The molecule has 3 amide bonds. The lowest BCUT2D eigenvalue weighted by Gasteiger charge is -2.28. The maximum atomic E-state index is 13.1. The average Bonchev–Trinajstić information content (AvgIpc) is 3.22. The molecular formula is C23H21N3O3S. The molecule has 2 aromatic carbocycles. The van der Waals surface area contributed by atoms with Crippen molar-refractivity contribution in [3.8, 4) is 0 Å². The van der Waals surface area contributed by atoms with Crippen molar-refractivity contribution in [2.24, 2.45) is 5.73 Å². The summed E-state index contributed by atoms with van der Waals surface area (Å²) in [4.78, 5) is 40.1. The number of amides is 3. The number of carbonyl (C=O) groups excluding carboxylic acids is 3. The summed E-state index contributed by atoms with van der Waals surface area (Å²) < 4.78 is 0. The van der Waals surface area contributed by atoms with Crippen LogP contribution in [-0.4, -0.2) is 29.2 Å². The Kier molecular flexibility index (Phi) is 5.37. The fraction of sp³-hybridized carbons (Fsp3) is 0.174. The first-order chi connectivity index (χ1) is 14.4.